The first-order valence-electron chi connectivity index (χ1n) is 12.8. The fraction of sp³-hybridized carbons (Fsp3) is 0.379. The van der Waals surface area contributed by atoms with Gasteiger partial charge >= 0.3 is 0 Å². The van der Waals surface area contributed by atoms with Gasteiger partial charge in [-0.1, -0.05) is 65.3 Å². The van der Waals surface area contributed by atoms with Crippen LogP contribution < -0.4 is 4.90 Å². The standard InChI is InChI=1S/C29H34ClN3OSSi/c1-18(2)36(19(3)4,20(5)6)33-16-13-22-17-24(11-12-26(22)33)32-15-14-25-27(29(32)34)35-28(31-25)21-7-9-23(30)10-8-21/h7-13,16-20H,14-15H2,1-6H3. The number of amides is 1. The molecular formula is C29H34ClN3OSSi. The summed E-state index contributed by atoms with van der Waals surface area (Å²) in [6.07, 6.45) is 3.06. The highest BCUT2D eigenvalue weighted by Crippen LogP contribution is 2.44. The molecule has 1 aliphatic heterocycles. The predicted molar refractivity (Wildman–Crippen MR) is 156 cm³/mol. The fourth-order valence-corrected chi connectivity index (χ4v) is 14.4. The van der Waals surface area contributed by atoms with E-state index in [1.807, 2.05) is 29.2 Å². The Labute approximate surface area is 224 Å². The molecular weight excluding hydrogens is 502 g/mol. The summed E-state index contributed by atoms with van der Waals surface area (Å²) in [7, 11) is -1.85. The van der Waals surface area contributed by atoms with E-state index in [9.17, 15) is 4.79 Å². The molecule has 0 saturated carbocycles. The summed E-state index contributed by atoms with van der Waals surface area (Å²) < 4.78 is 2.63. The molecule has 4 nitrogen and oxygen atoms in total. The van der Waals surface area contributed by atoms with Crippen LogP contribution in [0.3, 0.4) is 0 Å². The van der Waals surface area contributed by atoms with Gasteiger partial charge < -0.3 is 9.13 Å². The third-order valence-electron chi connectivity index (χ3n) is 7.98. The first kappa shape index (κ1) is 25.2. The van der Waals surface area contributed by atoms with Crippen LogP contribution in [0.25, 0.3) is 21.5 Å². The van der Waals surface area contributed by atoms with Gasteiger partial charge in [0.25, 0.3) is 5.91 Å². The SMILES string of the molecule is CC(C)[Si](C(C)C)(C(C)C)n1ccc2cc(N3CCc4nc(-c5ccc(Cl)cc5)sc4C3=O)ccc21. The molecule has 1 amide bonds. The van der Waals surface area contributed by atoms with Crippen LogP contribution in [0, 0.1) is 0 Å². The van der Waals surface area contributed by atoms with Crippen molar-refractivity contribution in [1.82, 2.24) is 9.22 Å². The van der Waals surface area contributed by atoms with Crippen LogP contribution in [0.15, 0.2) is 54.7 Å². The summed E-state index contributed by atoms with van der Waals surface area (Å²) in [5.74, 6) is 0.0445. The maximum atomic E-state index is 13.6. The van der Waals surface area contributed by atoms with Crippen molar-refractivity contribution in [3.05, 3.63) is 70.3 Å². The Morgan fingerprint density at radius 2 is 1.61 bits per heavy atom. The van der Waals surface area contributed by atoms with Gasteiger partial charge in [-0.2, -0.15) is 0 Å². The van der Waals surface area contributed by atoms with Gasteiger partial charge in [0.15, 0.2) is 8.24 Å². The maximum Gasteiger partial charge on any atom is 0.270 e. The van der Waals surface area contributed by atoms with Crippen LogP contribution in [0.4, 0.5) is 5.69 Å². The van der Waals surface area contributed by atoms with Crippen LogP contribution in [0.5, 0.6) is 0 Å². The van der Waals surface area contributed by atoms with Crippen LogP contribution in [-0.2, 0) is 6.42 Å². The third kappa shape index (κ3) is 3.94. The molecule has 0 spiro atoms. The largest absolute Gasteiger partial charge is 0.373 e. The Hall–Kier alpha value is -2.41. The number of aromatic nitrogens is 2. The molecule has 2 aromatic heterocycles. The zero-order chi connectivity index (χ0) is 25.8. The minimum absolute atomic E-state index is 0.0445. The van der Waals surface area contributed by atoms with Crippen molar-refractivity contribution in [2.45, 2.75) is 64.6 Å². The molecule has 36 heavy (non-hydrogen) atoms. The van der Waals surface area contributed by atoms with E-state index in [0.29, 0.717) is 28.2 Å². The molecule has 0 unspecified atom stereocenters. The van der Waals surface area contributed by atoms with Gasteiger partial charge in [0.05, 0.1) is 5.69 Å². The van der Waals surface area contributed by atoms with Crippen molar-refractivity contribution in [3.63, 3.8) is 0 Å². The second kappa shape index (κ2) is 9.47. The van der Waals surface area contributed by atoms with E-state index in [-0.39, 0.29) is 5.91 Å². The van der Waals surface area contributed by atoms with E-state index in [4.69, 9.17) is 16.6 Å². The first-order chi connectivity index (χ1) is 17.1. The van der Waals surface area contributed by atoms with Gasteiger partial charge in [0, 0.05) is 40.1 Å². The van der Waals surface area contributed by atoms with E-state index < -0.39 is 8.24 Å². The number of carbonyl (C=O) groups excluding carboxylic acids is 1. The summed E-state index contributed by atoms with van der Waals surface area (Å²) >= 11 is 7.52. The van der Waals surface area contributed by atoms with Crippen molar-refractivity contribution in [3.8, 4) is 10.6 Å². The molecule has 4 aromatic rings. The van der Waals surface area contributed by atoms with Gasteiger partial charge in [-0.25, -0.2) is 4.98 Å². The summed E-state index contributed by atoms with van der Waals surface area (Å²) in [5, 5.41) is 2.77. The number of hydrogen-bond acceptors (Lipinski definition) is 3. The van der Waals surface area contributed by atoms with Crippen LogP contribution in [0.1, 0.15) is 56.9 Å². The number of carbonyl (C=O) groups is 1. The summed E-state index contributed by atoms with van der Waals surface area (Å²) in [5.41, 5.74) is 6.01. The lowest BCUT2D eigenvalue weighted by Gasteiger charge is -2.44. The lowest BCUT2D eigenvalue weighted by atomic mass is 10.1. The zero-order valence-corrected chi connectivity index (χ0v) is 24.5. The molecule has 0 radical (unpaired) electrons. The number of nitrogens with zero attached hydrogens (tertiary/aromatic N) is 3. The quantitative estimate of drug-likeness (QED) is 0.232. The Kier molecular flexibility index (Phi) is 6.64. The minimum Gasteiger partial charge on any atom is -0.373 e. The number of anilines is 1. The van der Waals surface area contributed by atoms with Gasteiger partial charge in [-0.3, -0.25) is 4.79 Å². The second-order valence-corrected chi connectivity index (χ2v) is 17.9. The maximum absolute atomic E-state index is 13.6. The van der Waals surface area contributed by atoms with Gasteiger partial charge in [-0.15, -0.1) is 11.3 Å². The first-order valence-corrected chi connectivity index (χ1v) is 16.2. The Morgan fingerprint density at radius 3 is 2.25 bits per heavy atom. The topological polar surface area (TPSA) is 38.1 Å². The van der Waals surface area contributed by atoms with Gasteiger partial charge in [-0.05, 0) is 59.2 Å². The van der Waals surface area contributed by atoms with E-state index in [1.54, 1.807) is 0 Å². The van der Waals surface area contributed by atoms with Gasteiger partial charge in [0.2, 0.25) is 0 Å². The summed E-state index contributed by atoms with van der Waals surface area (Å²) in [6.45, 7) is 15.0. The van der Waals surface area contributed by atoms with E-state index in [2.05, 4.69) is 76.2 Å². The highest BCUT2D eigenvalue weighted by atomic mass is 35.5. The lowest BCUT2D eigenvalue weighted by Crippen LogP contribution is -2.51. The van der Waals surface area contributed by atoms with Crippen molar-refractivity contribution in [1.29, 1.82) is 0 Å². The lowest BCUT2D eigenvalue weighted by molar-refractivity contribution is 0.0984. The molecule has 188 valence electrons. The number of rotatable bonds is 6. The van der Waals surface area contributed by atoms with Crippen LogP contribution in [-0.4, -0.2) is 29.9 Å². The molecule has 1 aliphatic rings. The molecule has 0 aliphatic carbocycles. The van der Waals surface area contributed by atoms with Crippen LogP contribution in [0.2, 0.25) is 21.6 Å². The fourth-order valence-electron chi connectivity index (χ4n) is 6.56. The van der Waals surface area contributed by atoms with Crippen molar-refractivity contribution >= 4 is 53.7 Å². The average molecular weight is 536 g/mol. The van der Waals surface area contributed by atoms with E-state index in [0.717, 1.165) is 33.3 Å². The van der Waals surface area contributed by atoms with Gasteiger partial charge in [0.1, 0.15) is 9.88 Å². The predicted octanol–water partition coefficient (Wildman–Crippen LogP) is 8.64. The molecule has 0 N–H and O–H groups in total. The Morgan fingerprint density at radius 1 is 0.944 bits per heavy atom. The molecule has 0 bridgehead atoms. The van der Waals surface area contributed by atoms with Crippen molar-refractivity contribution in [2.24, 2.45) is 0 Å². The highest BCUT2D eigenvalue weighted by Gasteiger charge is 2.45. The molecule has 0 atom stereocenters. The highest BCUT2D eigenvalue weighted by molar-refractivity contribution is 7.17. The molecule has 3 heterocycles. The van der Waals surface area contributed by atoms with Crippen LogP contribution >= 0.6 is 22.9 Å². The molecule has 2 aromatic carbocycles. The smallest absolute Gasteiger partial charge is 0.270 e. The second-order valence-electron chi connectivity index (χ2n) is 10.8. The molecule has 0 fully saturated rings. The third-order valence-corrected chi connectivity index (χ3v) is 16.1. The molecule has 7 heteroatoms. The Balaban J connectivity index is 1.49. The minimum atomic E-state index is -1.85. The average Bonchev–Trinajstić information content (AvgIpc) is 3.45. The summed E-state index contributed by atoms with van der Waals surface area (Å²) in [4.78, 5) is 21.0. The zero-order valence-electron chi connectivity index (χ0n) is 21.9. The van der Waals surface area contributed by atoms with Crippen molar-refractivity contribution in [2.75, 3.05) is 11.4 Å². The Bertz CT molecular complexity index is 1400. The monoisotopic (exact) mass is 535 g/mol. The summed E-state index contributed by atoms with van der Waals surface area (Å²) in [6, 6.07) is 16.4. The molecule has 5 rings (SSSR count). The molecule has 0 saturated heterocycles. The number of benzene rings is 2. The number of hydrogen-bond donors (Lipinski definition) is 0. The van der Waals surface area contributed by atoms with Crippen molar-refractivity contribution < 1.29 is 4.79 Å². The normalized spacial score (nSPS) is 14.5. The number of thiazole rings is 1. The number of halogens is 1. The van der Waals surface area contributed by atoms with E-state index in [1.165, 1.54) is 22.2 Å². The number of fused-ring (bicyclic) bond motifs is 2. The van der Waals surface area contributed by atoms with E-state index >= 15 is 0 Å².